The summed E-state index contributed by atoms with van der Waals surface area (Å²) in [5, 5.41) is 5.01. The van der Waals surface area contributed by atoms with E-state index in [0.717, 1.165) is 12.5 Å². The third kappa shape index (κ3) is 7.45. The van der Waals surface area contributed by atoms with Crippen LogP contribution in [-0.4, -0.2) is 56.1 Å². The van der Waals surface area contributed by atoms with Crippen molar-refractivity contribution in [1.82, 2.24) is 10.2 Å². The molecule has 1 aromatic rings. The van der Waals surface area contributed by atoms with E-state index in [4.69, 9.17) is 16.3 Å². The van der Waals surface area contributed by atoms with Crippen LogP contribution in [0.3, 0.4) is 0 Å². The smallest absolute Gasteiger partial charge is 0.382 e. The number of nitrogens with zero attached hydrogens (tertiary/aromatic N) is 1. The second kappa shape index (κ2) is 11.5. The summed E-state index contributed by atoms with van der Waals surface area (Å²) < 4.78 is 44.6. The normalized spacial score (nSPS) is 15.8. The van der Waals surface area contributed by atoms with Crippen LogP contribution in [0.4, 0.5) is 18.9 Å². The molecule has 1 saturated heterocycles. The lowest BCUT2D eigenvalue weighted by atomic mass is 9.96. The van der Waals surface area contributed by atoms with Crippen LogP contribution in [0, 0.1) is 5.92 Å². The summed E-state index contributed by atoms with van der Waals surface area (Å²) in [5.74, 6) is -0.717. The van der Waals surface area contributed by atoms with Gasteiger partial charge in [-0.1, -0.05) is 17.7 Å². The maximum absolute atomic E-state index is 13.1. The number of carbonyl (C=O) groups excluding carboxylic acids is 2. The maximum Gasteiger partial charge on any atom is 0.418 e. The molecule has 0 atom stereocenters. The van der Waals surface area contributed by atoms with Gasteiger partial charge >= 0.3 is 6.18 Å². The Morgan fingerprint density at radius 3 is 2.60 bits per heavy atom. The van der Waals surface area contributed by atoms with Crippen LogP contribution in [0.1, 0.15) is 31.7 Å². The highest BCUT2D eigenvalue weighted by Gasteiger charge is 2.35. The van der Waals surface area contributed by atoms with Crippen LogP contribution in [0.2, 0.25) is 5.02 Å². The molecule has 0 bridgehead atoms. The first-order valence-corrected chi connectivity index (χ1v) is 10.3. The van der Waals surface area contributed by atoms with Crippen LogP contribution < -0.4 is 10.6 Å². The summed E-state index contributed by atoms with van der Waals surface area (Å²) in [5.41, 5.74) is -1.42. The van der Waals surface area contributed by atoms with E-state index in [1.807, 2.05) is 11.8 Å². The van der Waals surface area contributed by atoms with Gasteiger partial charge in [-0.05, 0) is 51.4 Å². The van der Waals surface area contributed by atoms with Crippen molar-refractivity contribution >= 4 is 29.1 Å². The second-order valence-electron chi connectivity index (χ2n) is 7.10. The molecule has 168 valence electrons. The molecule has 2 amide bonds. The fourth-order valence-electron chi connectivity index (χ4n) is 3.30. The monoisotopic (exact) mass is 449 g/mol. The molecule has 1 heterocycles. The van der Waals surface area contributed by atoms with Crippen molar-refractivity contribution in [3.8, 4) is 0 Å². The summed E-state index contributed by atoms with van der Waals surface area (Å²) in [6.07, 6.45) is -2.70. The minimum absolute atomic E-state index is 0.0125. The number of carbonyl (C=O) groups is 2. The average Bonchev–Trinajstić information content (AvgIpc) is 2.69. The fraction of sp³-hybridized carbons (Fsp3) is 0.600. The number of anilines is 1. The largest absolute Gasteiger partial charge is 0.418 e. The number of nitrogens with one attached hydrogen (secondary N) is 2. The van der Waals surface area contributed by atoms with E-state index in [9.17, 15) is 22.8 Å². The predicted molar refractivity (Wildman–Crippen MR) is 108 cm³/mol. The van der Waals surface area contributed by atoms with Gasteiger partial charge in [0.05, 0.1) is 22.8 Å². The molecule has 6 nitrogen and oxygen atoms in total. The summed E-state index contributed by atoms with van der Waals surface area (Å²) in [6, 6.07) is 3.36. The number of piperidine rings is 1. The lowest BCUT2D eigenvalue weighted by molar-refractivity contribution is -0.137. The molecule has 0 unspecified atom stereocenters. The predicted octanol–water partition coefficient (Wildman–Crippen LogP) is 3.55. The fourth-order valence-corrected chi connectivity index (χ4v) is 3.52. The van der Waals surface area contributed by atoms with Gasteiger partial charge in [-0.3, -0.25) is 14.5 Å². The highest BCUT2D eigenvalue weighted by Crippen LogP contribution is 2.38. The molecule has 0 spiro atoms. The molecular formula is C20H27ClF3N3O3. The number of ether oxygens (including phenoxy) is 1. The maximum atomic E-state index is 13.1. The number of amides is 2. The summed E-state index contributed by atoms with van der Waals surface area (Å²) in [4.78, 5) is 26.3. The van der Waals surface area contributed by atoms with Crippen LogP contribution in [0.15, 0.2) is 18.2 Å². The number of rotatable bonds is 9. The highest BCUT2D eigenvalue weighted by molar-refractivity contribution is 6.34. The van der Waals surface area contributed by atoms with Crippen LogP contribution in [0.25, 0.3) is 0 Å². The Balaban J connectivity index is 1.79. The molecule has 2 N–H and O–H groups in total. The van der Waals surface area contributed by atoms with Crippen molar-refractivity contribution < 1.29 is 27.5 Å². The third-order valence-corrected chi connectivity index (χ3v) is 5.19. The molecule has 1 aliphatic rings. The van der Waals surface area contributed by atoms with Gasteiger partial charge in [0.1, 0.15) is 0 Å². The SMILES string of the molecule is CCOCCCNC(=O)C1CCN(CC(=O)Nc2c(Cl)cccc2C(F)(F)F)CC1. The van der Waals surface area contributed by atoms with E-state index in [1.165, 1.54) is 12.1 Å². The molecule has 1 fully saturated rings. The molecule has 0 aliphatic carbocycles. The Hall–Kier alpha value is -1.84. The first-order chi connectivity index (χ1) is 14.2. The highest BCUT2D eigenvalue weighted by atomic mass is 35.5. The summed E-state index contributed by atoms with van der Waals surface area (Å²) in [6.45, 7) is 4.68. The Kier molecular flexibility index (Phi) is 9.38. The summed E-state index contributed by atoms with van der Waals surface area (Å²) >= 11 is 5.87. The van der Waals surface area contributed by atoms with Gasteiger partial charge in [0.25, 0.3) is 0 Å². The number of para-hydroxylation sites is 1. The minimum atomic E-state index is -4.62. The Morgan fingerprint density at radius 2 is 1.97 bits per heavy atom. The lowest BCUT2D eigenvalue weighted by Crippen LogP contribution is -2.43. The zero-order chi connectivity index (χ0) is 22.1. The number of benzene rings is 1. The quantitative estimate of drug-likeness (QED) is 0.566. The molecule has 1 aromatic carbocycles. The van der Waals surface area contributed by atoms with E-state index in [0.29, 0.717) is 45.7 Å². The molecule has 2 rings (SSSR count). The van der Waals surface area contributed by atoms with Gasteiger partial charge in [0, 0.05) is 25.7 Å². The number of halogens is 4. The van der Waals surface area contributed by atoms with Crippen molar-refractivity contribution in [3.63, 3.8) is 0 Å². The van der Waals surface area contributed by atoms with Crippen molar-refractivity contribution in [2.24, 2.45) is 5.92 Å². The van der Waals surface area contributed by atoms with Gasteiger partial charge < -0.3 is 15.4 Å². The van der Waals surface area contributed by atoms with Gasteiger partial charge in [-0.2, -0.15) is 13.2 Å². The number of hydrogen-bond acceptors (Lipinski definition) is 4. The van der Waals surface area contributed by atoms with Crippen molar-refractivity contribution in [3.05, 3.63) is 28.8 Å². The summed E-state index contributed by atoms with van der Waals surface area (Å²) in [7, 11) is 0. The van der Waals surface area contributed by atoms with E-state index < -0.39 is 23.3 Å². The zero-order valence-corrected chi connectivity index (χ0v) is 17.6. The third-order valence-electron chi connectivity index (χ3n) is 4.88. The van der Waals surface area contributed by atoms with Gasteiger partial charge in [0.2, 0.25) is 11.8 Å². The van der Waals surface area contributed by atoms with Gasteiger partial charge in [-0.25, -0.2) is 0 Å². The zero-order valence-electron chi connectivity index (χ0n) is 16.9. The van der Waals surface area contributed by atoms with Gasteiger partial charge in [0.15, 0.2) is 0 Å². The Labute approximate surface area is 179 Å². The topological polar surface area (TPSA) is 70.7 Å². The molecular weight excluding hydrogens is 423 g/mol. The van der Waals surface area contributed by atoms with Crippen molar-refractivity contribution in [2.75, 3.05) is 44.7 Å². The first kappa shape index (κ1) is 24.4. The van der Waals surface area contributed by atoms with E-state index in [-0.39, 0.29) is 23.4 Å². The Bertz CT molecular complexity index is 723. The van der Waals surface area contributed by atoms with E-state index in [1.54, 1.807) is 0 Å². The average molecular weight is 450 g/mol. The number of hydrogen-bond donors (Lipinski definition) is 2. The molecule has 10 heteroatoms. The minimum Gasteiger partial charge on any atom is -0.382 e. The second-order valence-corrected chi connectivity index (χ2v) is 7.51. The van der Waals surface area contributed by atoms with E-state index >= 15 is 0 Å². The molecule has 0 aromatic heterocycles. The standard InChI is InChI=1S/C20H27ClF3N3O3/c1-2-30-12-4-9-25-19(29)14-7-10-27(11-8-14)13-17(28)26-18-15(20(22,23)24)5-3-6-16(18)21/h3,5-6,14H,2,4,7-13H2,1H3,(H,25,29)(H,26,28). The van der Waals surface area contributed by atoms with Crippen molar-refractivity contribution in [2.45, 2.75) is 32.4 Å². The van der Waals surface area contributed by atoms with Crippen LogP contribution in [-0.2, 0) is 20.5 Å². The number of likely N-dealkylation sites (tertiary alicyclic amines) is 1. The van der Waals surface area contributed by atoms with Gasteiger partial charge in [-0.15, -0.1) is 0 Å². The number of alkyl halides is 3. The first-order valence-electron chi connectivity index (χ1n) is 9.95. The van der Waals surface area contributed by atoms with Crippen LogP contribution in [0.5, 0.6) is 0 Å². The Morgan fingerprint density at radius 1 is 1.27 bits per heavy atom. The van der Waals surface area contributed by atoms with Crippen LogP contribution >= 0.6 is 11.6 Å². The lowest BCUT2D eigenvalue weighted by Gasteiger charge is -2.30. The molecule has 30 heavy (non-hydrogen) atoms. The van der Waals surface area contributed by atoms with Crippen molar-refractivity contribution in [1.29, 1.82) is 0 Å². The van der Waals surface area contributed by atoms with E-state index in [2.05, 4.69) is 10.6 Å². The molecule has 0 saturated carbocycles. The molecule has 1 aliphatic heterocycles. The molecule has 0 radical (unpaired) electrons.